The molecule has 2 N–H and O–H groups in total. The van der Waals surface area contributed by atoms with E-state index in [4.69, 9.17) is 5.73 Å². The molecular formula is C11H9N5O2. The maximum absolute atomic E-state index is 10.6. The molecule has 0 unspecified atom stereocenters. The van der Waals surface area contributed by atoms with E-state index in [9.17, 15) is 10.1 Å². The number of aromatic nitrogens is 3. The molecular weight excluding hydrogens is 234 g/mol. The van der Waals surface area contributed by atoms with Gasteiger partial charge >= 0.3 is 0 Å². The van der Waals surface area contributed by atoms with Crippen molar-refractivity contribution < 1.29 is 4.92 Å². The van der Waals surface area contributed by atoms with E-state index in [0.717, 1.165) is 6.20 Å². The van der Waals surface area contributed by atoms with Gasteiger partial charge in [0.15, 0.2) is 0 Å². The normalized spacial score (nSPS) is 9.61. The summed E-state index contributed by atoms with van der Waals surface area (Å²) in [5.74, 6) is 5.64. The van der Waals surface area contributed by atoms with Crippen LogP contribution in [-0.2, 0) is 7.05 Å². The zero-order valence-electron chi connectivity index (χ0n) is 9.49. The Hall–Kier alpha value is -2.88. The Morgan fingerprint density at radius 1 is 1.50 bits per heavy atom. The van der Waals surface area contributed by atoms with Crippen molar-refractivity contribution >= 4 is 11.5 Å². The molecule has 0 saturated carbocycles. The van der Waals surface area contributed by atoms with E-state index in [0.29, 0.717) is 11.3 Å². The molecule has 0 fully saturated rings. The van der Waals surface area contributed by atoms with Crippen LogP contribution < -0.4 is 5.73 Å². The summed E-state index contributed by atoms with van der Waals surface area (Å²) in [5, 5.41) is 14.7. The Labute approximate surface area is 102 Å². The number of nitrogens with two attached hydrogens (primary N) is 1. The molecule has 0 bridgehead atoms. The highest BCUT2D eigenvalue weighted by atomic mass is 16.6. The van der Waals surface area contributed by atoms with Gasteiger partial charge in [-0.3, -0.25) is 14.8 Å². The second kappa shape index (κ2) is 4.55. The third kappa shape index (κ3) is 2.44. The highest BCUT2D eigenvalue weighted by Gasteiger charge is 2.08. The van der Waals surface area contributed by atoms with Gasteiger partial charge in [0.2, 0.25) is 0 Å². The van der Waals surface area contributed by atoms with Gasteiger partial charge in [0, 0.05) is 19.3 Å². The van der Waals surface area contributed by atoms with E-state index < -0.39 is 4.92 Å². The molecule has 0 radical (unpaired) electrons. The topological polar surface area (TPSA) is 99.9 Å². The van der Waals surface area contributed by atoms with E-state index in [1.54, 1.807) is 24.0 Å². The third-order valence-corrected chi connectivity index (χ3v) is 2.15. The number of rotatable bonds is 1. The van der Waals surface area contributed by atoms with Gasteiger partial charge in [-0.1, -0.05) is 5.92 Å². The maximum atomic E-state index is 10.6. The van der Waals surface area contributed by atoms with Gasteiger partial charge in [-0.05, 0) is 12.0 Å². The number of nitrogen functional groups attached to an aromatic ring is 1. The Morgan fingerprint density at radius 2 is 2.28 bits per heavy atom. The van der Waals surface area contributed by atoms with Crippen LogP contribution >= 0.6 is 0 Å². The fourth-order valence-corrected chi connectivity index (χ4v) is 1.28. The van der Waals surface area contributed by atoms with Gasteiger partial charge in [-0.15, -0.1) is 0 Å². The van der Waals surface area contributed by atoms with Crippen LogP contribution in [0.2, 0.25) is 0 Å². The molecule has 0 saturated heterocycles. The number of anilines is 1. The molecule has 7 heteroatoms. The molecule has 2 rings (SSSR count). The predicted molar refractivity (Wildman–Crippen MR) is 64.5 cm³/mol. The minimum absolute atomic E-state index is 0.144. The average Bonchev–Trinajstić information content (AvgIpc) is 2.74. The van der Waals surface area contributed by atoms with E-state index >= 15 is 0 Å². The fourth-order valence-electron chi connectivity index (χ4n) is 1.28. The molecule has 0 aromatic carbocycles. The lowest BCUT2D eigenvalue weighted by molar-refractivity contribution is -0.385. The molecule has 18 heavy (non-hydrogen) atoms. The van der Waals surface area contributed by atoms with Crippen LogP contribution in [0.1, 0.15) is 11.3 Å². The van der Waals surface area contributed by atoms with Gasteiger partial charge in [0.25, 0.3) is 5.69 Å². The molecule has 7 nitrogen and oxygen atoms in total. The zero-order chi connectivity index (χ0) is 13.1. The van der Waals surface area contributed by atoms with Gasteiger partial charge < -0.3 is 5.73 Å². The SMILES string of the molecule is Cn1ccc(C#Cc2cc([N+](=O)[O-])cnc2N)n1. The quantitative estimate of drug-likeness (QED) is 0.451. The zero-order valence-corrected chi connectivity index (χ0v) is 9.49. The number of hydrogen-bond donors (Lipinski definition) is 1. The monoisotopic (exact) mass is 243 g/mol. The predicted octanol–water partition coefficient (Wildman–Crippen LogP) is 0.705. The summed E-state index contributed by atoms with van der Waals surface area (Å²) < 4.78 is 1.61. The third-order valence-electron chi connectivity index (χ3n) is 2.15. The van der Waals surface area contributed by atoms with Crippen LogP contribution in [0.15, 0.2) is 24.5 Å². The van der Waals surface area contributed by atoms with Crippen LogP contribution in [0.4, 0.5) is 11.5 Å². The molecule has 0 amide bonds. The molecule has 0 spiro atoms. The summed E-state index contributed by atoms with van der Waals surface area (Å²) in [5.41, 5.74) is 6.33. The van der Waals surface area contributed by atoms with Gasteiger partial charge in [0.05, 0.1) is 10.5 Å². The summed E-state index contributed by atoms with van der Waals surface area (Å²) in [6.45, 7) is 0. The number of nitro groups is 1. The van der Waals surface area contributed by atoms with Crippen molar-refractivity contribution in [3.05, 3.63) is 45.9 Å². The average molecular weight is 243 g/mol. The minimum atomic E-state index is -0.543. The van der Waals surface area contributed by atoms with Crippen molar-refractivity contribution in [3.8, 4) is 11.8 Å². The van der Waals surface area contributed by atoms with Crippen LogP contribution in [0.3, 0.4) is 0 Å². The van der Waals surface area contributed by atoms with Crippen molar-refractivity contribution in [2.24, 2.45) is 7.05 Å². The van der Waals surface area contributed by atoms with Crippen LogP contribution in [-0.4, -0.2) is 19.7 Å². The highest BCUT2D eigenvalue weighted by Crippen LogP contribution is 2.15. The fraction of sp³-hybridized carbons (Fsp3) is 0.0909. The summed E-state index contributed by atoms with van der Waals surface area (Å²) in [6.07, 6.45) is 2.85. The minimum Gasteiger partial charge on any atom is -0.383 e. The molecule has 0 aliphatic rings. The Morgan fingerprint density at radius 3 is 2.89 bits per heavy atom. The number of pyridine rings is 1. The summed E-state index contributed by atoms with van der Waals surface area (Å²) in [7, 11) is 1.77. The first-order valence-electron chi connectivity index (χ1n) is 4.98. The van der Waals surface area contributed by atoms with Gasteiger partial charge in [-0.2, -0.15) is 5.10 Å². The van der Waals surface area contributed by atoms with Crippen molar-refractivity contribution in [1.29, 1.82) is 0 Å². The van der Waals surface area contributed by atoms with Crippen molar-refractivity contribution in [3.63, 3.8) is 0 Å². The lowest BCUT2D eigenvalue weighted by Crippen LogP contribution is -1.97. The summed E-state index contributed by atoms with van der Waals surface area (Å²) >= 11 is 0. The van der Waals surface area contributed by atoms with Crippen LogP contribution in [0.5, 0.6) is 0 Å². The van der Waals surface area contributed by atoms with Crippen LogP contribution in [0.25, 0.3) is 0 Å². The van der Waals surface area contributed by atoms with E-state index in [-0.39, 0.29) is 11.5 Å². The van der Waals surface area contributed by atoms with Gasteiger partial charge in [-0.25, -0.2) is 4.98 Å². The number of hydrogen-bond acceptors (Lipinski definition) is 5. The number of aryl methyl sites for hydroxylation is 1. The summed E-state index contributed by atoms with van der Waals surface area (Å²) in [6, 6.07) is 3.02. The molecule has 2 heterocycles. The van der Waals surface area contributed by atoms with Crippen molar-refractivity contribution in [1.82, 2.24) is 14.8 Å². The summed E-state index contributed by atoms with van der Waals surface area (Å²) in [4.78, 5) is 13.8. The van der Waals surface area contributed by atoms with Crippen molar-refractivity contribution in [2.75, 3.05) is 5.73 Å². The highest BCUT2D eigenvalue weighted by molar-refractivity contribution is 5.56. The Bertz CT molecular complexity index is 666. The van der Waals surface area contributed by atoms with Crippen molar-refractivity contribution in [2.45, 2.75) is 0 Å². The first-order valence-corrected chi connectivity index (χ1v) is 4.98. The first-order chi connectivity index (χ1) is 8.56. The van der Waals surface area contributed by atoms with E-state index in [1.165, 1.54) is 6.07 Å². The molecule has 2 aromatic heterocycles. The van der Waals surface area contributed by atoms with E-state index in [2.05, 4.69) is 21.9 Å². The second-order valence-corrected chi connectivity index (χ2v) is 3.51. The van der Waals surface area contributed by atoms with Gasteiger partial charge in [0.1, 0.15) is 17.7 Å². The largest absolute Gasteiger partial charge is 0.383 e. The van der Waals surface area contributed by atoms with E-state index in [1.807, 2.05) is 0 Å². The Kier molecular flexibility index (Phi) is 2.93. The second-order valence-electron chi connectivity index (χ2n) is 3.51. The first kappa shape index (κ1) is 11.6. The Balaban J connectivity index is 2.37. The standard InChI is InChI=1S/C11H9N5O2/c1-15-5-4-9(14-15)3-2-8-6-10(16(17)18)7-13-11(8)12/h4-7H,1H3,(H2,12,13). The lowest BCUT2D eigenvalue weighted by atomic mass is 10.2. The molecule has 0 atom stereocenters. The van der Waals surface area contributed by atoms with Crippen LogP contribution in [0, 0.1) is 22.0 Å². The molecule has 0 aliphatic heterocycles. The lowest BCUT2D eigenvalue weighted by Gasteiger charge is -1.96. The molecule has 2 aromatic rings. The smallest absolute Gasteiger partial charge is 0.288 e. The molecule has 0 aliphatic carbocycles. The maximum Gasteiger partial charge on any atom is 0.288 e. The molecule has 90 valence electrons. The number of nitrogens with zero attached hydrogens (tertiary/aromatic N) is 4.